The highest BCUT2D eigenvalue weighted by atomic mass is 16.4. The molecule has 2 bridgehead atoms. The van der Waals surface area contributed by atoms with E-state index in [4.69, 9.17) is 10.0 Å². The number of nitrogens with one attached hydrogen (secondary N) is 1. The summed E-state index contributed by atoms with van der Waals surface area (Å²) in [4.78, 5) is 18.4. The summed E-state index contributed by atoms with van der Waals surface area (Å²) >= 11 is 0. The Bertz CT molecular complexity index is 832. The van der Waals surface area contributed by atoms with Gasteiger partial charge in [0.2, 0.25) is 0 Å². The van der Waals surface area contributed by atoms with Crippen molar-refractivity contribution in [1.82, 2.24) is 9.97 Å². The number of aliphatic carboxylic acids is 1. The van der Waals surface area contributed by atoms with E-state index < -0.39 is 18.5 Å². The molecule has 7 heteroatoms. The fraction of sp³-hybridized carbons (Fsp3) is 0.579. The molecule has 26 heavy (non-hydrogen) atoms. The van der Waals surface area contributed by atoms with E-state index in [1.165, 1.54) is 12.6 Å². The van der Waals surface area contributed by atoms with Crippen LogP contribution in [0.1, 0.15) is 45.6 Å². The van der Waals surface area contributed by atoms with E-state index in [0.717, 1.165) is 29.4 Å². The molecule has 5 rings (SSSR count). The van der Waals surface area contributed by atoms with Crippen LogP contribution in [0.2, 0.25) is 0 Å². The normalized spacial score (nSPS) is 28.7. The highest BCUT2D eigenvalue weighted by molar-refractivity contribution is 6.58. The molecular formula is C19H27BN2O4. The Hall–Kier alpha value is -1.86. The quantitative estimate of drug-likeness (QED) is 0.615. The van der Waals surface area contributed by atoms with Crippen molar-refractivity contribution in [3.63, 3.8) is 0 Å². The second kappa shape index (κ2) is 6.39. The van der Waals surface area contributed by atoms with Crippen LogP contribution in [-0.2, 0) is 4.79 Å². The minimum absolute atomic E-state index is 0.0243. The van der Waals surface area contributed by atoms with Crippen LogP contribution in [0.25, 0.3) is 11.0 Å². The molecule has 2 aromatic heterocycles. The monoisotopic (exact) mass is 358 g/mol. The smallest absolute Gasteiger partial charge is 0.481 e. The zero-order valence-corrected chi connectivity index (χ0v) is 15.8. The summed E-state index contributed by atoms with van der Waals surface area (Å²) in [6, 6.07) is 1.72. The molecule has 3 unspecified atom stereocenters. The van der Waals surface area contributed by atoms with Gasteiger partial charge in [0, 0.05) is 23.2 Å². The summed E-state index contributed by atoms with van der Waals surface area (Å²) < 4.78 is 0. The van der Waals surface area contributed by atoms with Crippen LogP contribution in [0.5, 0.6) is 0 Å². The van der Waals surface area contributed by atoms with E-state index in [9.17, 15) is 9.90 Å². The van der Waals surface area contributed by atoms with Gasteiger partial charge in [0.05, 0.1) is 5.41 Å². The SMILES string of the molecule is CC1CCC2CC1(C(=O)O)C2(C)C.Cc1c[nH]c2ncc(B(O)O)cc12. The van der Waals surface area contributed by atoms with E-state index in [0.29, 0.717) is 17.3 Å². The number of hydrogen-bond donors (Lipinski definition) is 4. The van der Waals surface area contributed by atoms with Crippen molar-refractivity contribution in [2.24, 2.45) is 22.7 Å². The number of H-pyrrole nitrogens is 1. The molecule has 2 heterocycles. The van der Waals surface area contributed by atoms with E-state index >= 15 is 0 Å². The second-order valence-electron chi connectivity index (χ2n) is 8.39. The van der Waals surface area contributed by atoms with Crippen molar-refractivity contribution in [1.29, 1.82) is 0 Å². The molecule has 0 aromatic carbocycles. The molecule has 3 saturated carbocycles. The lowest BCUT2D eigenvalue weighted by Crippen LogP contribution is -2.65. The number of nitrogens with zero attached hydrogens (tertiary/aromatic N) is 1. The van der Waals surface area contributed by atoms with Crippen molar-refractivity contribution in [2.75, 3.05) is 0 Å². The standard InChI is InChI=1S/C11H18O2.C8H9BN2O2/c1-7-4-5-8-6-11(7,9(12)13)10(8,2)3;1-5-3-10-8-7(5)2-6(4-11-8)9(12)13/h7-8H,4-6H2,1-3H3,(H,12,13);2-4,12-13H,1H3,(H,10,11). The Morgan fingerprint density at radius 1 is 1.35 bits per heavy atom. The van der Waals surface area contributed by atoms with E-state index in [1.54, 1.807) is 6.07 Å². The average molecular weight is 358 g/mol. The minimum atomic E-state index is -1.45. The molecule has 3 fully saturated rings. The maximum atomic E-state index is 11.3. The fourth-order valence-corrected chi connectivity index (χ4v) is 5.00. The summed E-state index contributed by atoms with van der Waals surface area (Å²) in [7, 11) is -1.45. The van der Waals surface area contributed by atoms with Gasteiger partial charge in [-0.3, -0.25) is 4.79 Å². The molecule has 3 aliphatic carbocycles. The van der Waals surface area contributed by atoms with Gasteiger partial charge in [0.15, 0.2) is 0 Å². The first-order valence-electron chi connectivity index (χ1n) is 9.14. The minimum Gasteiger partial charge on any atom is -0.481 e. The number of aryl methyl sites for hydroxylation is 1. The van der Waals surface area contributed by atoms with Gasteiger partial charge in [-0.15, -0.1) is 0 Å². The fourth-order valence-electron chi connectivity index (χ4n) is 5.00. The summed E-state index contributed by atoms with van der Waals surface area (Å²) in [6.45, 7) is 8.30. The average Bonchev–Trinajstić information content (AvgIpc) is 2.95. The van der Waals surface area contributed by atoms with Crippen LogP contribution in [0, 0.1) is 29.6 Å². The van der Waals surface area contributed by atoms with Crippen LogP contribution in [0.3, 0.4) is 0 Å². The van der Waals surface area contributed by atoms with Crippen molar-refractivity contribution < 1.29 is 19.9 Å². The van der Waals surface area contributed by atoms with Gasteiger partial charge in [-0.2, -0.15) is 0 Å². The lowest BCUT2D eigenvalue weighted by molar-refractivity contribution is -0.217. The van der Waals surface area contributed by atoms with Gasteiger partial charge in [-0.25, -0.2) is 4.98 Å². The molecule has 4 N–H and O–H groups in total. The number of pyridine rings is 1. The molecule has 0 amide bonds. The predicted octanol–water partition coefficient (Wildman–Crippen LogP) is 2.08. The molecular weight excluding hydrogens is 331 g/mol. The van der Waals surface area contributed by atoms with Crippen molar-refractivity contribution in [3.8, 4) is 0 Å². The number of fused-ring (bicyclic) bond motifs is 3. The first-order valence-corrected chi connectivity index (χ1v) is 9.14. The number of aromatic nitrogens is 2. The van der Waals surface area contributed by atoms with Crippen molar-refractivity contribution in [3.05, 3.63) is 24.0 Å². The predicted molar refractivity (Wildman–Crippen MR) is 101 cm³/mol. The lowest BCUT2D eigenvalue weighted by atomic mass is 9.37. The van der Waals surface area contributed by atoms with Crippen LogP contribution < -0.4 is 5.46 Å². The van der Waals surface area contributed by atoms with Gasteiger partial charge in [-0.05, 0) is 55.1 Å². The van der Waals surface area contributed by atoms with Gasteiger partial charge < -0.3 is 20.1 Å². The molecule has 6 nitrogen and oxygen atoms in total. The lowest BCUT2D eigenvalue weighted by Gasteiger charge is -2.66. The third kappa shape index (κ3) is 2.65. The second-order valence-corrected chi connectivity index (χ2v) is 8.39. The summed E-state index contributed by atoms with van der Waals surface area (Å²) in [5, 5.41) is 28.1. The number of carboxylic acids is 1. The molecule has 2 aromatic rings. The maximum absolute atomic E-state index is 11.3. The summed E-state index contributed by atoms with van der Waals surface area (Å²) in [5.74, 6) is 0.436. The zero-order chi connectivity index (χ0) is 19.3. The molecule has 0 aliphatic heterocycles. The van der Waals surface area contributed by atoms with E-state index in [1.807, 2.05) is 13.1 Å². The number of carbonyl (C=O) groups is 1. The maximum Gasteiger partial charge on any atom is 0.490 e. The van der Waals surface area contributed by atoms with Crippen LogP contribution in [-0.4, -0.2) is 38.2 Å². The third-order valence-corrected chi connectivity index (χ3v) is 6.97. The van der Waals surface area contributed by atoms with Gasteiger partial charge in [0.25, 0.3) is 0 Å². The molecule has 0 saturated heterocycles. The Morgan fingerprint density at radius 3 is 2.54 bits per heavy atom. The van der Waals surface area contributed by atoms with Crippen LogP contribution in [0.15, 0.2) is 18.5 Å². The van der Waals surface area contributed by atoms with Gasteiger partial charge in [-0.1, -0.05) is 20.8 Å². The van der Waals surface area contributed by atoms with Crippen molar-refractivity contribution in [2.45, 2.75) is 47.0 Å². The topological polar surface area (TPSA) is 106 Å². The Kier molecular flexibility index (Phi) is 4.65. The highest BCUT2D eigenvalue weighted by Crippen LogP contribution is 2.69. The molecule has 3 atom stereocenters. The largest absolute Gasteiger partial charge is 0.490 e. The molecule has 0 radical (unpaired) electrons. The first kappa shape index (κ1) is 18.9. The molecule has 0 spiro atoms. The summed E-state index contributed by atoms with van der Waals surface area (Å²) in [6.07, 6.45) is 6.52. The zero-order valence-electron chi connectivity index (χ0n) is 15.8. The Balaban J connectivity index is 0.000000151. The number of aromatic amines is 1. The van der Waals surface area contributed by atoms with E-state index in [2.05, 4.69) is 30.7 Å². The number of hydrogen-bond acceptors (Lipinski definition) is 4. The van der Waals surface area contributed by atoms with E-state index in [-0.39, 0.29) is 5.41 Å². The summed E-state index contributed by atoms with van der Waals surface area (Å²) in [5.41, 5.74) is 1.84. The Morgan fingerprint density at radius 2 is 2.04 bits per heavy atom. The Labute approximate surface area is 153 Å². The first-order chi connectivity index (χ1) is 12.1. The molecule has 3 aliphatic rings. The highest BCUT2D eigenvalue weighted by Gasteiger charge is 2.68. The van der Waals surface area contributed by atoms with Gasteiger partial charge >= 0.3 is 13.1 Å². The van der Waals surface area contributed by atoms with Crippen LogP contribution >= 0.6 is 0 Å². The van der Waals surface area contributed by atoms with Gasteiger partial charge in [0.1, 0.15) is 5.65 Å². The number of rotatable bonds is 2. The van der Waals surface area contributed by atoms with Crippen molar-refractivity contribution >= 4 is 29.6 Å². The molecule has 140 valence electrons. The number of carboxylic acid groups (broad SMARTS) is 1. The third-order valence-electron chi connectivity index (χ3n) is 6.97. The van der Waals surface area contributed by atoms with Crippen LogP contribution in [0.4, 0.5) is 0 Å².